The summed E-state index contributed by atoms with van der Waals surface area (Å²) in [6.07, 6.45) is 2.66. The lowest BCUT2D eigenvalue weighted by Gasteiger charge is -2.11. The second-order valence-electron chi connectivity index (χ2n) is 5.07. The van der Waals surface area contributed by atoms with Crippen LogP contribution in [0.1, 0.15) is 16.8 Å². The van der Waals surface area contributed by atoms with Crippen LogP contribution in [0.5, 0.6) is 5.88 Å². The molecule has 1 aliphatic heterocycles. The largest absolute Gasteiger partial charge is 0.473 e. The Kier molecular flexibility index (Phi) is 5.03. The van der Waals surface area contributed by atoms with Gasteiger partial charge in [-0.15, -0.1) is 0 Å². The number of amides is 1. The van der Waals surface area contributed by atoms with Crippen molar-refractivity contribution in [1.82, 2.24) is 4.98 Å². The SMILES string of the molecule is O=C(Nc1ccc(F)c(Cl)c1)c1ccc(OC2CCSC2)nc1. The number of halogens is 2. The van der Waals surface area contributed by atoms with E-state index in [9.17, 15) is 9.18 Å². The average molecular weight is 353 g/mol. The minimum Gasteiger partial charge on any atom is -0.473 e. The number of aromatic nitrogens is 1. The van der Waals surface area contributed by atoms with Gasteiger partial charge in [0.05, 0.1) is 10.6 Å². The van der Waals surface area contributed by atoms with E-state index < -0.39 is 5.82 Å². The Morgan fingerprint density at radius 1 is 1.39 bits per heavy atom. The Balaban J connectivity index is 1.63. The van der Waals surface area contributed by atoms with Gasteiger partial charge in [0.15, 0.2) is 0 Å². The fraction of sp³-hybridized carbons (Fsp3) is 0.250. The smallest absolute Gasteiger partial charge is 0.257 e. The monoisotopic (exact) mass is 352 g/mol. The van der Waals surface area contributed by atoms with Crippen LogP contribution in [0.2, 0.25) is 5.02 Å². The van der Waals surface area contributed by atoms with Gasteiger partial charge in [0.25, 0.3) is 5.91 Å². The Bertz CT molecular complexity index is 706. The zero-order valence-corrected chi connectivity index (χ0v) is 13.7. The van der Waals surface area contributed by atoms with Crippen LogP contribution in [0.25, 0.3) is 0 Å². The molecule has 1 unspecified atom stereocenters. The number of carbonyl (C=O) groups is 1. The van der Waals surface area contributed by atoms with Crippen LogP contribution in [0.3, 0.4) is 0 Å². The first-order valence-electron chi connectivity index (χ1n) is 7.08. The van der Waals surface area contributed by atoms with Gasteiger partial charge in [0.2, 0.25) is 5.88 Å². The highest BCUT2D eigenvalue weighted by Crippen LogP contribution is 2.22. The normalized spacial score (nSPS) is 17.0. The number of anilines is 1. The number of benzene rings is 1. The maximum atomic E-state index is 13.1. The van der Waals surface area contributed by atoms with E-state index in [2.05, 4.69) is 10.3 Å². The summed E-state index contributed by atoms with van der Waals surface area (Å²) in [4.78, 5) is 16.3. The molecule has 23 heavy (non-hydrogen) atoms. The molecular weight excluding hydrogens is 339 g/mol. The first-order valence-corrected chi connectivity index (χ1v) is 8.62. The van der Waals surface area contributed by atoms with Gasteiger partial charge >= 0.3 is 0 Å². The minimum atomic E-state index is -0.530. The summed E-state index contributed by atoms with van der Waals surface area (Å²) in [5.74, 6) is 1.71. The number of pyridine rings is 1. The second kappa shape index (κ2) is 7.19. The third-order valence-corrected chi connectivity index (χ3v) is 4.77. The zero-order valence-electron chi connectivity index (χ0n) is 12.1. The van der Waals surface area contributed by atoms with Crippen molar-refractivity contribution in [3.8, 4) is 5.88 Å². The number of hydrogen-bond donors (Lipinski definition) is 1. The molecule has 0 radical (unpaired) electrons. The maximum Gasteiger partial charge on any atom is 0.257 e. The molecule has 0 bridgehead atoms. The molecule has 2 aromatic rings. The molecule has 1 aromatic carbocycles. The molecule has 1 aromatic heterocycles. The molecule has 4 nitrogen and oxygen atoms in total. The van der Waals surface area contributed by atoms with Crippen molar-refractivity contribution >= 4 is 35.0 Å². The van der Waals surface area contributed by atoms with Crippen LogP contribution in [0, 0.1) is 5.82 Å². The molecule has 1 fully saturated rings. The molecule has 0 spiro atoms. The molecule has 3 rings (SSSR count). The third-order valence-electron chi connectivity index (χ3n) is 3.35. The fourth-order valence-electron chi connectivity index (χ4n) is 2.14. The highest BCUT2D eigenvalue weighted by Gasteiger charge is 2.17. The summed E-state index contributed by atoms with van der Waals surface area (Å²) in [6.45, 7) is 0. The van der Waals surface area contributed by atoms with E-state index in [4.69, 9.17) is 16.3 Å². The first-order chi connectivity index (χ1) is 11.1. The van der Waals surface area contributed by atoms with E-state index in [1.54, 1.807) is 12.1 Å². The van der Waals surface area contributed by atoms with Gasteiger partial charge in [0.1, 0.15) is 11.9 Å². The highest BCUT2D eigenvalue weighted by molar-refractivity contribution is 7.99. The first kappa shape index (κ1) is 16.1. The Morgan fingerprint density at radius 2 is 2.26 bits per heavy atom. The van der Waals surface area contributed by atoms with Gasteiger partial charge < -0.3 is 10.1 Å². The quantitative estimate of drug-likeness (QED) is 0.903. The van der Waals surface area contributed by atoms with Gasteiger partial charge in [-0.3, -0.25) is 4.79 Å². The van der Waals surface area contributed by atoms with Gasteiger partial charge in [-0.05, 0) is 36.4 Å². The van der Waals surface area contributed by atoms with E-state index in [-0.39, 0.29) is 17.0 Å². The number of hydrogen-bond acceptors (Lipinski definition) is 4. The lowest BCUT2D eigenvalue weighted by atomic mass is 10.2. The van der Waals surface area contributed by atoms with Crippen molar-refractivity contribution in [1.29, 1.82) is 0 Å². The van der Waals surface area contributed by atoms with Crippen LogP contribution >= 0.6 is 23.4 Å². The Morgan fingerprint density at radius 3 is 2.91 bits per heavy atom. The number of nitrogens with one attached hydrogen (secondary N) is 1. The number of ether oxygens (including phenoxy) is 1. The molecule has 0 aliphatic carbocycles. The summed E-state index contributed by atoms with van der Waals surface area (Å²) in [5.41, 5.74) is 0.809. The minimum absolute atomic E-state index is 0.0425. The number of rotatable bonds is 4. The van der Waals surface area contributed by atoms with Crippen LogP contribution < -0.4 is 10.1 Å². The van der Waals surface area contributed by atoms with Crippen molar-refractivity contribution in [2.75, 3.05) is 16.8 Å². The highest BCUT2D eigenvalue weighted by atomic mass is 35.5. The van der Waals surface area contributed by atoms with Crippen LogP contribution in [0.15, 0.2) is 36.5 Å². The molecule has 120 valence electrons. The van der Waals surface area contributed by atoms with Gasteiger partial charge in [-0.25, -0.2) is 9.37 Å². The molecule has 0 saturated carbocycles. The molecule has 1 atom stereocenters. The maximum absolute atomic E-state index is 13.1. The van der Waals surface area contributed by atoms with Crippen LogP contribution in [-0.2, 0) is 0 Å². The van der Waals surface area contributed by atoms with Crippen LogP contribution in [-0.4, -0.2) is 28.5 Å². The Labute approximate surface area is 142 Å². The van der Waals surface area contributed by atoms with Crippen molar-refractivity contribution in [2.45, 2.75) is 12.5 Å². The fourth-order valence-corrected chi connectivity index (χ4v) is 3.41. The van der Waals surface area contributed by atoms with E-state index >= 15 is 0 Å². The zero-order chi connectivity index (χ0) is 16.2. The van der Waals surface area contributed by atoms with Gasteiger partial charge in [0, 0.05) is 23.7 Å². The van der Waals surface area contributed by atoms with Crippen molar-refractivity contribution in [3.63, 3.8) is 0 Å². The molecule has 1 aliphatic rings. The number of thioether (sulfide) groups is 1. The van der Waals surface area contributed by atoms with E-state index in [1.165, 1.54) is 24.4 Å². The lowest BCUT2D eigenvalue weighted by Crippen LogP contribution is -2.16. The number of carbonyl (C=O) groups excluding carboxylic acids is 1. The number of nitrogens with zero attached hydrogens (tertiary/aromatic N) is 1. The van der Waals surface area contributed by atoms with Gasteiger partial charge in [-0.1, -0.05) is 11.6 Å². The standard InChI is InChI=1S/C16H14ClFN2O2S/c17-13-7-11(2-3-14(13)18)20-16(21)10-1-4-15(19-8-10)22-12-5-6-23-9-12/h1-4,7-8,12H,5-6,9H2,(H,20,21). The summed E-state index contributed by atoms with van der Waals surface area (Å²) >= 11 is 7.55. The summed E-state index contributed by atoms with van der Waals surface area (Å²) in [5, 5.41) is 2.60. The summed E-state index contributed by atoms with van der Waals surface area (Å²) in [6, 6.07) is 7.33. The van der Waals surface area contributed by atoms with Crippen LogP contribution in [0.4, 0.5) is 10.1 Å². The topological polar surface area (TPSA) is 51.2 Å². The molecule has 7 heteroatoms. The average Bonchev–Trinajstić information content (AvgIpc) is 3.04. The molecule has 2 heterocycles. The lowest BCUT2D eigenvalue weighted by molar-refractivity contribution is 0.102. The van der Waals surface area contributed by atoms with Crippen molar-refractivity contribution in [3.05, 3.63) is 52.9 Å². The van der Waals surface area contributed by atoms with E-state index in [0.29, 0.717) is 17.1 Å². The predicted molar refractivity (Wildman–Crippen MR) is 90.0 cm³/mol. The summed E-state index contributed by atoms with van der Waals surface area (Å²) < 4.78 is 18.8. The molecule has 1 N–H and O–H groups in total. The third kappa shape index (κ3) is 4.14. The van der Waals surface area contributed by atoms with E-state index in [1.807, 2.05) is 11.8 Å². The van der Waals surface area contributed by atoms with E-state index in [0.717, 1.165) is 17.9 Å². The van der Waals surface area contributed by atoms with Gasteiger partial charge in [-0.2, -0.15) is 11.8 Å². The predicted octanol–water partition coefficient (Wildman–Crippen LogP) is 4.01. The molecule has 1 saturated heterocycles. The Hall–Kier alpha value is -1.79. The van der Waals surface area contributed by atoms with Crippen molar-refractivity contribution < 1.29 is 13.9 Å². The summed E-state index contributed by atoms with van der Waals surface area (Å²) in [7, 11) is 0. The molecule has 1 amide bonds. The van der Waals surface area contributed by atoms with Crippen molar-refractivity contribution in [2.24, 2.45) is 0 Å². The second-order valence-corrected chi connectivity index (χ2v) is 6.63. The molecular formula is C16H14ClFN2O2S.